The Labute approximate surface area is 73.2 Å². The van der Waals surface area contributed by atoms with Crippen LogP contribution < -0.4 is 11.2 Å². The molecular weight excluding hydrogens is 156 g/mol. The summed E-state index contributed by atoms with van der Waals surface area (Å²) in [5, 5.41) is 14.9. The molecule has 0 spiro atoms. The van der Waals surface area contributed by atoms with Gasteiger partial charge in [-0.25, -0.2) is 10.5 Å². The van der Waals surface area contributed by atoms with Crippen molar-refractivity contribution in [3.8, 4) is 0 Å². The van der Waals surface area contributed by atoms with Gasteiger partial charge in [-0.1, -0.05) is 0 Å². The van der Waals surface area contributed by atoms with Crippen LogP contribution in [-0.4, -0.2) is 35.3 Å². The van der Waals surface area contributed by atoms with Gasteiger partial charge in [-0.3, -0.25) is 0 Å². The smallest absolute Gasteiger partial charge is 0.152 e. The predicted octanol–water partition coefficient (Wildman–Crippen LogP) is -0.514. The minimum Gasteiger partial charge on any atom is -0.383 e. The molecule has 0 aliphatic carbocycles. The molecule has 0 fully saturated rings. The molecule has 0 amide bonds. The van der Waals surface area contributed by atoms with Crippen molar-refractivity contribution in [2.75, 3.05) is 13.6 Å². The van der Waals surface area contributed by atoms with Crippen molar-refractivity contribution in [1.29, 1.82) is 0 Å². The molecule has 0 aromatic heterocycles. The van der Waals surface area contributed by atoms with Gasteiger partial charge in [0.1, 0.15) is 5.60 Å². The zero-order valence-corrected chi connectivity index (χ0v) is 8.13. The van der Waals surface area contributed by atoms with Crippen LogP contribution in [0.15, 0.2) is 5.10 Å². The van der Waals surface area contributed by atoms with Crippen molar-refractivity contribution < 1.29 is 5.11 Å². The van der Waals surface area contributed by atoms with Gasteiger partial charge in [0, 0.05) is 7.05 Å². The summed E-state index contributed by atoms with van der Waals surface area (Å²) in [4.78, 5) is 0. The summed E-state index contributed by atoms with van der Waals surface area (Å²) in [5.74, 6) is 0.193. The van der Waals surface area contributed by atoms with Gasteiger partial charge in [0.15, 0.2) is 5.84 Å². The number of hydrazone groups is 1. The van der Waals surface area contributed by atoms with Gasteiger partial charge < -0.3 is 10.8 Å². The first kappa shape index (κ1) is 11.2. The van der Waals surface area contributed by atoms with Crippen LogP contribution in [0.3, 0.4) is 0 Å². The van der Waals surface area contributed by atoms with Gasteiger partial charge in [-0.2, -0.15) is 0 Å². The molecule has 0 aliphatic rings. The molecule has 0 heterocycles. The van der Waals surface area contributed by atoms with Crippen LogP contribution in [0.5, 0.6) is 0 Å². The van der Waals surface area contributed by atoms with Gasteiger partial charge in [-0.05, 0) is 20.8 Å². The molecule has 12 heavy (non-hydrogen) atoms. The number of hydrogen-bond donors (Lipinski definition) is 3. The van der Waals surface area contributed by atoms with E-state index in [4.69, 9.17) is 5.73 Å². The predicted molar refractivity (Wildman–Crippen MR) is 49.4 cm³/mol. The molecular formula is C7H18N4O. The standard InChI is InChI=1S/C7H18N4O/c1-5-11(9-4)10-6(8)7(2,3)12/h9,12H,5H2,1-4H3,(H2,8,10). The van der Waals surface area contributed by atoms with E-state index in [9.17, 15) is 5.11 Å². The maximum atomic E-state index is 9.42. The second kappa shape index (κ2) is 4.27. The fraction of sp³-hybridized carbons (Fsp3) is 0.857. The summed E-state index contributed by atoms with van der Waals surface area (Å²) in [7, 11) is 1.74. The van der Waals surface area contributed by atoms with Gasteiger partial charge in [0.25, 0.3) is 0 Å². The highest BCUT2D eigenvalue weighted by atomic mass is 16.3. The van der Waals surface area contributed by atoms with Crippen molar-refractivity contribution in [1.82, 2.24) is 10.5 Å². The summed E-state index contributed by atoms with van der Waals surface area (Å²) in [6, 6.07) is 0. The van der Waals surface area contributed by atoms with E-state index < -0.39 is 5.60 Å². The van der Waals surface area contributed by atoms with Crippen molar-refractivity contribution in [2.24, 2.45) is 10.8 Å². The van der Waals surface area contributed by atoms with Crippen molar-refractivity contribution >= 4 is 5.84 Å². The number of rotatable bonds is 4. The largest absolute Gasteiger partial charge is 0.383 e. The van der Waals surface area contributed by atoms with Crippen LogP contribution in [0.1, 0.15) is 20.8 Å². The summed E-state index contributed by atoms with van der Waals surface area (Å²) < 4.78 is 0. The molecule has 5 nitrogen and oxygen atoms in total. The number of nitrogens with zero attached hydrogens (tertiary/aromatic N) is 2. The first-order valence-corrected chi connectivity index (χ1v) is 3.93. The lowest BCUT2D eigenvalue weighted by Gasteiger charge is -2.21. The van der Waals surface area contributed by atoms with Gasteiger partial charge in [0.05, 0.1) is 6.54 Å². The molecule has 0 saturated carbocycles. The van der Waals surface area contributed by atoms with Crippen LogP contribution in [0.25, 0.3) is 0 Å². The average molecular weight is 174 g/mol. The highest BCUT2D eigenvalue weighted by molar-refractivity contribution is 5.87. The second-order valence-corrected chi connectivity index (χ2v) is 2.98. The van der Waals surface area contributed by atoms with E-state index in [-0.39, 0.29) is 5.84 Å². The van der Waals surface area contributed by atoms with Gasteiger partial charge in [0.2, 0.25) is 0 Å². The summed E-state index contributed by atoms with van der Waals surface area (Å²) in [6.07, 6.45) is 0. The SMILES string of the molecule is CCN(/N=C(\N)C(C)(C)O)NC. The molecule has 5 heteroatoms. The van der Waals surface area contributed by atoms with Crippen LogP contribution in [-0.2, 0) is 0 Å². The molecule has 0 aliphatic heterocycles. The zero-order valence-electron chi connectivity index (χ0n) is 8.13. The molecule has 0 unspecified atom stereocenters. The Balaban J connectivity index is 4.33. The molecule has 72 valence electrons. The Morgan fingerprint density at radius 3 is 2.42 bits per heavy atom. The summed E-state index contributed by atoms with van der Waals surface area (Å²) in [5.41, 5.74) is 7.27. The first-order chi connectivity index (χ1) is 5.41. The maximum Gasteiger partial charge on any atom is 0.152 e. The molecule has 0 bridgehead atoms. The van der Waals surface area contributed by atoms with E-state index in [1.807, 2.05) is 6.92 Å². The summed E-state index contributed by atoms with van der Waals surface area (Å²) in [6.45, 7) is 5.80. The minimum atomic E-state index is -1.07. The van der Waals surface area contributed by atoms with E-state index in [2.05, 4.69) is 10.5 Å². The topological polar surface area (TPSA) is 73.9 Å². The van der Waals surface area contributed by atoms with Crippen LogP contribution in [0.2, 0.25) is 0 Å². The fourth-order valence-corrected chi connectivity index (χ4v) is 0.531. The van der Waals surface area contributed by atoms with Gasteiger partial charge in [-0.15, -0.1) is 5.10 Å². The Hall–Kier alpha value is -0.810. The molecule has 0 saturated heterocycles. The first-order valence-electron chi connectivity index (χ1n) is 3.93. The lowest BCUT2D eigenvalue weighted by Crippen LogP contribution is -2.42. The number of nitrogens with two attached hydrogens (primary N) is 1. The molecule has 0 aromatic rings. The second-order valence-electron chi connectivity index (χ2n) is 2.98. The van der Waals surface area contributed by atoms with Gasteiger partial charge >= 0.3 is 0 Å². The third-order valence-electron chi connectivity index (χ3n) is 1.41. The molecule has 0 atom stereocenters. The highest BCUT2D eigenvalue weighted by Gasteiger charge is 2.18. The van der Waals surface area contributed by atoms with Crippen molar-refractivity contribution in [3.63, 3.8) is 0 Å². The molecule has 4 N–H and O–H groups in total. The van der Waals surface area contributed by atoms with Crippen molar-refractivity contribution in [3.05, 3.63) is 0 Å². The normalized spacial score (nSPS) is 13.2. The number of amidine groups is 1. The van der Waals surface area contributed by atoms with Crippen LogP contribution in [0.4, 0.5) is 0 Å². The zero-order chi connectivity index (χ0) is 9.78. The molecule has 0 rings (SSSR count). The lowest BCUT2D eigenvalue weighted by molar-refractivity contribution is 0.144. The van der Waals surface area contributed by atoms with Crippen LogP contribution >= 0.6 is 0 Å². The molecule has 0 aromatic carbocycles. The third-order valence-corrected chi connectivity index (χ3v) is 1.41. The van der Waals surface area contributed by atoms with E-state index in [0.29, 0.717) is 6.54 Å². The van der Waals surface area contributed by atoms with E-state index in [1.54, 1.807) is 26.0 Å². The van der Waals surface area contributed by atoms with E-state index in [0.717, 1.165) is 0 Å². The Bertz CT molecular complexity index is 157. The fourth-order valence-electron chi connectivity index (χ4n) is 0.531. The highest BCUT2D eigenvalue weighted by Crippen LogP contribution is 2.00. The minimum absolute atomic E-state index is 0.193. The average Bonchev–Trinajstić information content (AvgIpc) is 1.97. The summed E-state index contributed by atoms with van der Waals surface area (Å²) >= 11 is 0. The number of hydrazine groups is 1. The number of hydrogen-bond acceptors (Lipinski definition) is 4. The Morgan fingerprint density at radius 2 is 2.17 bits per heavy atom. The Morgan fingerprint density at radius 1 is 1.67 bits per heavy atom. The monoisotopic (exact) mass is 174 g/mol. The maximum absolute atomic E-state index is 9.42. The Kier molecular flexibility index (Phi) is 3.99. The number of aliphatic hydroxyl groups is 1. The number of nitrogens with one attached hydrogen (secondary N) is 1. The van der Waals surface area contributed by atoms with Crippen molar-refractivity contribution in [2.45, 2.75) is 26.4 Å². The third kappa shape index (κ3) is 3.54. The molecule has 0 radical (unpaired) electrons. The van der Waals surface area contributed by atoms with Crippen LogP contribution in [0, 0.1) is 0 Å². The van der Waals surface area contributed by atoms with E-state index >= 15 is 0 Å². The quantitative estimate of drug-likeness (QED) is 0.305. The van der Waals surface area contributed by atoms with E-state index in [1.165, 1.54) is 0 Å². The lowest BCUT2D eigenvalue weighted by atomic mass is 10.1.